The molecule has 3 fully saturated rings. The summed E-state index contributed by atoms with van der Waals surface area (Å²) in [6, 6.07) is 5.45. The molecule has 18 atom stereocenters. The second-order valence-electron chi connectivity index (χ2n) is 20.0. The van der Waals surface area contributed by atoms with Gasteiger partial charge in [-0.05, 0) is 79.0 Å². The van der Waals surface area contributed by atoms with Gasteiger partial charge in [-0.15, -0.1) is 5.10 Å². The maximum absolute atomic E-state index is 14.5. The van der Waals surface area contributed by atoms with Gasteiger partial charge in [-0.3, -0.25) is 19.3 Å². The molecule has 2 aromatic rings. The number of carbonyl (C=O) groups excluding carboxylic acids is 2. The third-order valence-electron chi connectivity index (χ3n) is 15.2. The van der Waals surface area contributed by atoms with Gasteiger partial charge in [0.2, 0.25) is 0 Å². The number of rotatable bonds is 13. The molecule has 3 aliphatic rings. The van der Waals surface area contributed by atoms with Crippen LogP contribution in [0.1, 0.15) is 106 Å². The van der Waals surface area contributed by atoms with E-state index in [1.807, 2.05) is 63.8 Å². The number of carbonyl (C=O) groups is 2. The fourth-order valence-electron chi connectivity index (χ4n) is 10.9. The van der Waals surface area contributed by atoms with E-state index in [9.17, 15) is 30.0 Å². The molecule has 5 heterocycles. The molecule has 0 spiro atoms. The van der Waals surface area contributed by atoms with Gasteiger partial charge in [0.1, 0.15) is 29.7 Å². The summed E-state index contributed by atoms with van der Waals surface area (Å²) in [7, 11) is 5.02. The number of aromatic nitrogens is 4. The van der Waals surface area contributed by atoms with Crippen molar-refractivity contribution in [1.29, 1.82) is 0 Å². The molecule has 4 N–H and O–H groups in total. The number of likely N-dealkylation sites (N-methyl/N-ethyl adjacent to an activating group) is 1. The molecule has 368 valence electrons. The number of pyridine rings is 1. The summed E-state index contributed by atoms with van der Waals surface area (Å²) in [5.41, 5.74) is -2.49. The summed E-state index contributed by atoms with van der Waals surface area (Å²) in [5, 5.41) is 55.7. The van der Waals surface area contributed by atoms with Crippen LogP contribution in [0, 0.1) is 29.6 Å². The molecule has 3 aliphatic heterocycles. The fraction of sp³-hybridized carbons (Fsp3) is 0.812. The van der Waals surface area contributed by atoms with E-state index in [0.29, 0.717) is 25.9 Å². The number of aryl methyl sites for hydroxylation is 2. The first-order chi connectivity index (χ1) is 30.5. The molecule has 3 saturated heterocycles. The molecule has 65 heavy (non-hydrogen) atoms. The van der Waals surface area contributed by atoms with Gasteiger partial charge >= 0.3 is 5.97 Å². The van der Waals surface area contributed by atoms with Gasteiger partial charge in [-0.2, -0.15) is 0 Å². The Morgan fingerprint density at radius 2 is 1.60 bits per heavy atom. The number of methoxy groups -OCH3 is 2. The predicted octanol–water partition coefficient (Wildman–Crippen LogP) is 3.56. The van der Waals surface area contributed by atoms with Crippen molar-refractivity contribution in [2.45, 2.75) is 192 Å². The molecule has 0 aliphatic carbocycles. The van der Waals surface area contributed by atoms with Gasteiger partial charge in [0.05, 0.1) is 53.3 Å². The van der Waals surface area contributed by atoms with Crippen molar-refractivity contribution in [3.05, 3.63) is 42.0 Å². The van der Waals surface area contributed by atoms with E-state index < -0.39 is 101 Å². The van der Waals surface area contributed by atoms with Gasteiger partial charge < -0.3 is 53.7 Å². The zero-order valence-corrected chi connectivity index (χ0v) is 41.0. The van der Waals surface area contributed by atoms with Crippen LogP contribution in [0.25, 0.3) is 0 Å². The molecule has 17 nitrogen and oxygen atoms in total. The molecule has 0 bridgehead atoms. The number of hydrogen-bond donors (Lipinski definition) is 4. The summed E-state index contributed by atoms with van der Waals surface area (Å²) in [4.78, 5) is 35.3. The third-order valence-corrected chi connectivity index (χ3v) is 15.2. The Hall–Kier alpha value is -2.97. The lowest BCUT2D eigenvalue weighted by molar-refractivity contribution is -0.305. The van der Waals surface area contributed by atoms with Gasteiger partial charge in [-0.1, -0.05) is 45.9 Å². The summed E-state index contributed by atoms with van der Waals surface area (Å²) < 4.78 is 40.4. The van der Waals surface area contributed by atoms with Crippen molar-refractivity contribution in [2.24, 2.45) is 29.6 Å². The van der Waals surface area contributed by atoms with Crippen LogP contribution >= 0.6 is 0 Å². The highest BCUT2D eigenvalue weighted by Crippen LogP contribution is 2.46. The minimum absolute atomic E-state index is 0.111. The molecule has 1 unspecified atom stereocenters. The largest absolute Gasteiger partial charge is 0.459 e. The van der Waals surface area contributed by atoms with Crippen molar-refractivity contribution in [3.8, 4) is 0 Å². The van der Waals surface area contributed by atoms with E-state index in [-0.39, 0.29) is 37.2 Å². The van der Waals surface area contributed by atoms with Crippen LogP contribution in [-0.2, 0) is 57.4 Å². The molecule has 0 amide bonds. The Morgan fingerprint density at radius 3 is 2.23 bits per heavy atom. The smallest absolute Gasteiger partial charge is 0.309 e. The fourth-order valence-corrected chi connectivity index (χ4v) is 10.9. The van der Waals surface area contributed by atoms with E-state index >= 15 is 0 Å². The zero-order valence-electron chi connectivity index (χ0n) is 41.0. The average Bonchev–Trinajstić information content (AvgIpc) is 3.75. The van der Waals surface area contributed by atoms with Gasteiger partial charge in [-0.25, -0.2) is 0 Å². The van der Waals surface area contributed by atoms with Crippen molar-refractivity contribution in [3.63, 3.8) is 0 Å². The predicted molar refractivity (Wildman–Crippen MR) is 240 cm³/mol. The molecule has 5 rings (SSSR count). The summed E-state index contributed by atoms with van der Waals surface area (Å²) in [5.74, 6) is -4.96. The van der Waals surface area contributed by atoms with Gasteiger partial charge in [0.15, 0.2) is 6.29 Å². The lowest BCUT2D eigenvalue weighted by Gasteiger charge is -2.52. The van der Waals surface area contributed by atoms with E-state index in [1.165, 1.54) is 21.1 Å². The molecular weight excluding hydrogens is 839 g/mol. The second-order valence-corrected chi connectivity index (χ2v) is 20.0. The SMILES string of the molecule is CC[C@H]1OC(=O)[C@H](C)[C@@H](C2C[C@@](C)(OC)[C@@H](O)[C@H](C)O2)[C@H](C)[C@@H](O[C@@H]2O[C@H](C)C[C@H](N(C)CCc3cn(CCc4ccccn4)nn3)[C@H]2O)[C@](C)(OC)C[C@@H](C)C(=O)[C@H](C)[C@@H](O)[C@]1(C)O. The molecule has 2 aromatic heterocycles. The Kier molecular flexibility index (Phi) is 17.9. The number of nitrogens with zero attached hydrogens (tertiary/aromatic N) is 5. The van der Waals surface area contributed by atoms with E-state index in [0.717, 1.165) is 17.8 Å². The Bertz CT molecular complexity index is 1840. The summed E-state index contributed by atoms with van der Waals surface area (Å²) in [6.07, 6.45) is -2.66. The van der Waals surface area contributed by atoms with Crippen LogP contribution in [0.3, 0.4) is 0 Å². The third kappa shape index (κ3) is 11.8. The highest BCUT2D eigenvalue weighted by Gasteiger charge is 2.56. The van der Waals surface area contributed by atoms with E-state index in [1.54, 1.807) is 40.8 Å². The van der Waals surface area contributed by atoms with Crippen LogP contribution in [0.2, 0.25) is 0 Å². The van der Waals surface area contributed by atoms with Crippen molar-refractivity contribution >= 4 is 11.8 Å². The number of hydrogen-bond acceptors (Lipinski definition) is 16. The number of aliphatic hydroxyl groups is 4. The van der Waals surface area contributed by atoms with Crippen molar-refractivity contribution < 1.29 is 58.4 Å². The van der Waals surface area contributed by atoms with Crippen LogP contribution in [0.4, 0.5) is 0 Å². The lowest BCUT2D eigenvalue weighted by atomic mass is 9.67. The maximum Gasteiger partial charge on any atom is 0.309 e. The standard InChI is InChI=1S/C48H79N5O12/c1-14-37-48(10,59)41(56)31(6)39(54)27(2)24-47(9,61-13)43(29(4)38(30(5)44(58)64-37)36-25-46(8,60-12)42(57)32(7)63-36)65-45-40(55)35(23-28(3)62-45)52(11)21-18-34-26-53(51-50-34)22-19-33-17-15-16-20-49-33/h15-17,20,26-32,35-38,40-43,45,55-57,59H,14,18-19,21-25H2,1-13H3/t27-,28-,29+,30-,31+,32+,35+,36?,37-,38+,40-,41-,42+,43-,45+,46-,47-,48-/m1/s1. The van der Waals surface area contributed by atoms with E-state index in [4.69, 9.17) is 28.4 Å². The number of ketones is 1. The van der Waals surface area contributed by atoms with Gasteiger partial charge in [0, 0.05) is 88.5 Å². The Balaban J connectivity index is 1.49. The molecular formula is C48H79N5O12. The minimum Gasteiger partial charge on any atom is -0.459 e. The maximum atomic E-state index is 14.5. The molecule has 0 saturated carbocycles. The van der Waals surface area contributed by atoms with Crippen LogP contribution in [-0.4, -0.2) is 163 Å². The highest BCUT2D eigenvalue weighted by molar-refractivity contribution is 5.83. The van der Waals surface area contributed by atoms with E-state index in [2.05, 4.69) is 20.2 Å². The molecule has 0 aromatic carbocycles. The number of aliphatic hydroxyl groups excluding tert-OH is 3. The van der Waals surface area contributed by atoms with Gasteiger partial charge in [0.25, 0.3) is 0 Å². The van der Waals surface area contributed by atoms with Crippen LogP contribution in [0.5, 0.6) is 0 Å². The van der Waals surface area contributed by atoms with Crippen molar-refractivity contribution in [1.82, 2.24) is 24.9 Å². The molecule has 0 radical (unpaired) electrons. The zero-order chi connectivity index (χ0) is 48.2. The Morgan fingerprint density at radius 1 is 0.908 bits per heavy atom. The second kappa shape index (κ2) is 22.0. The lowest BCUT2D eigenvalue weighted by Crippen LogP contribution is -2.62. The monoisotopic (exact) mass is 918 g/mol. The molecule has 17 heteroatoms. The summed E-state index contributed by atoms with van der Waals surface area (Å²) >= 11 is 0. The number of cyclic esters (lactones) is 1. The minimum atomic E-state index is -1.97. The average molecular weight is 918 g/mol. The number of ether oxygens (including phenoxy) is 6. The van der Waals surface area contributed by atoms with Crippen LogP contribution < -0.4 is 0 Å². The Labute approximate surface area is 385 Å². The first kappa shape index (κ1) is 53.0. The first-order valence-electron chi connectivity index (χ1n) is 23.6. The summed E-state index contributed by atoms with van der Waals surface area (Å²) in [6.45, 7) is 18.7. The number of esters is 1. The normalized spacial score (nSPS) is 41.5. The first-order valence-corrected chi connectivity index (χ1v) is 23.6. The quantitative estimate of drug-likeness (QED) is 0.211. The topological polar surface area (TPSA) is 217 Å². The van der Waals surface area contributed by atoms with Crippen LogP contribution in [0.15, 0.2) is 30.6 Å². The highest BCUT2D eigenvalue weighted by atomic mass is 16.7. The number of Topliss-reactive ketones (excluding diaryl/α,β-unsaturated/α-hetero) is 1. The van der Waals surface area contributed by atoms with Crippen molar-refractivity contribution in [2.75, 3.05) is 27.8 Å².